The highest BCUT2D eigenvalue weighted by atomic mass is 16.3. The molecule has 2 nitrogen and oxygen atoms in total. The van der Waals surface area contributed by atoms with Gasteiger partial charge in [-0.25, -0.2) is 0 Å². The molecule has 0 N–H and O–H groups in total. The third kappa shape index (κ3) is 6.68. The van der Waals surface area contributed by atoms with E-state index in [0.717, 1.165) is 28.1 Å². The van der Waals surface area contributed by atoms with E-state index in [-0.39, 0.29) is 0 Å². The lowest BCUT2D eigenvalue weighted by Gasteiger charge is -2.34. The molecule has 64 heavy (non-hydrogen) atoms. The normalized spacial score (nSPS) is 12.3. The van der Waals surface area contributed by atoms with Crippen LogP contribution in [0.5, 0.6) is 0 Å². The molecular formula is C62H45NO. The highest BCUT2D eigenvalue weighted by Crippen LogP contribution is 2.58. The molecule has 1 aliphatic carbocycles. The van der Waals surface area contributed by atoms with Gasteiger partial charge in [0.1, 0.15) is 11.2 Å². The largest absolute Gasteiger partial charge is 0.455 e. The SMILES string of the molecule is CN(c1ccc(-c2ccccc2)cc1)c1ccc(-c2cccc3c2-c2ccccc2C3(c2ccccc2)c2ccccc2)cc1.c1ccc(-c2cccc3c2oc2ccccc23)cc1. The zero-order chi connectivity index (χ0) is 42.9. The van der Waals surface area contributed by atoms with E-state index in [1.807, 2.05) is 24.3 Å². The lowest BCUT2D eigenvalue weighted by molar-refractivity contribution is 0.670. The molecule has 1 aliphatic rings. The summed E-state index contributed by atoms with van der Waals surface area (Å²) in [5, 5.41) is 2.35. The average molecular weight is 820 g/mol. The van der Waals surface area contributed by atoms with Gasteiger partial charge in [0.25, 0.3) is 0 Å². The molecule has 0 fully saturated rings. The van der Waals surface area contributed by atoms with Crippen LogP contribution >= 0.6 is 0 Å². The van der Waals surface area contributed by atoms with Gasteiger partial charge in [0.2, 0.25) is 0 Å². The van der Waals surface area contributed by atoms with Gasteiger partial charge in [0.05, 0.1) is 5.41 Å². The van der Waals surface area contributed by atoms with Crippen LogP contribution in [0, 0.1) is 0 Å². The zero-order valence-corrected chi connectivity index (χ0v) is 35.6. The average Bonchev–Trinajstić information content (AvgIpc) is 3.92. The Morgan fingerprint density at radius 2 is 0.766 bits per heavy atom. The molecule has 0 spiro atoms. The van der Waals surface area contributed by atoms with Gasteiger partial charge in [-0.2, -0.15) is 0 Å². The minimum atomic E-state index is -0.392. The zero-order valence-electron chi connectivity index (χ0n) is 35.6. The minimum Gasteiger partial charge on any atom is -0.455 e. The second kappa shape index (κ2) is 16.6. The number of furan rings is 1. The summed E-state index contributed by atoms with van der Waals surface area (Å²) in [6, 6.07) is 91.0. The number of nitrogens with zero attached hydrogens (tertiary/aromatic N) is 1. The van der Waals surface area contributed by atoms with E-state index in [1.54, 1.807) is 0 Å². The van der Waals surface area contributed by atoms with E-state index in [1.165, 1.54) is 72.0 Å². The predicted octanol–water partition coefficient (Wildman–Crippen LogP) is 16.4. The molecule has 0 saturated carbocycles. The summed E-state index contributed by atoms with van der Waals surface area (Å²) in [6.07, 6.45) is 0. The Hall–Kier alpha value is -8.20. The summed E-state index contributed by atoms with van der Waals surface area (Å²) in [6.45, 7) is 0. The van der Waals surface area contributed by atoms with Gasteiger partial charge < -0.3 is 9.32 Å². The smallest absolute Gasteiger partial charge is 0.143 e. The van der Waals surface area contributed by atoms with Crippen molar-refractivity contribution in [3.05, 3.63) is 277 Å². The third-order valence-electron chi connectivity index (χ3n) is 12.9. The van der Waals surface area contributed by atoms with Crippen molar-refractivity contribution in [3.8, 4) is 44.5 Å². The molecule has 0 amide bonds. The van der Waals surface area contributed by atoms with Crippen LogP contribution < -0.4 is 4.90 Å². The highest BCUT2D eigenvalue weighted by Gasteiger charge is 2.46. The van der Waals surface area contributed by atoms with Gasteiger partial charge >= 0.3 is 0 Å². The summed E-state index contributed by atoms with van der Waals surface area (Å²) in [5.74, 6) is 0. The topological polar surface area (TPSA) is 16.4 Å². The van der Waals surface area contributed by atoms with Crippen LogP contribution in [0.3, 0.4) is 0 Å². The van der Waals surface area contributed by atoms with Crippen LogP contribution in [0.25, 0.3) is 66.4 Å². The quantitative estimate of drug-likeness (QED) is 0.159. The van der Waals surface area contributed by atoms with Gasteiger partial charge in [0.15, 0.2) is 0 Å². The number of rotatable bonds is 7. The lowest BCUT2D eigenvalue weighted by Crippen LogP contribution is -2.28. The Bertz CT molecular complexity index is 3320. The van der Waals surface area contributed by atoms with Crippen molar-refractivity contribution in [2.24, 2.45) is 0 Å². The highest BCUT2D eigenvalue weighted by molar-refractivity contribution is 6.09. The van der Waals surface area contributed by atoms with Gasteiger partial charge in [0, 0.05) is 34.8 Å². The number of benzene rings is 10. The molecule has 1 heterocycles. The Balaban J connectivity index is 0.000000199. The van der Waals surface area contributed by atoms with Crippen molar-refractivity contribution < 1.29 is 4.42 Å². The maximum Gasteiger partial charge on any atom is 0.143 e. The van der Waals surface area contributed by atoms with Crippen LogP contribution in [-0.2, 0) is 5.41 Å². The third-order valence-corrected chi connectivity index (χ3v) is 12.9. The number of para-hydroxylation sites is 2. The van der Waals surface area contributed by atoms with E-state index in [2.05, 4.69) is 242 Å². The number of anilines is 2. The van der Waals surface area contributed by atoms with Crippen molar-refractivity contribution in [1.29, 1.82) is 0 Å². The molecule has 0 saturated heterocycles. The van der Waals surface area contributed by atoms with Crippen molar-refractivity contribution in [1.82, 2.24) is 0 Å². The molecule has 11 aromatic rings. The van der Waals surface area contributed by atoms with Crippen molar-refractivity contribution in [2.45, 2.75) is 5.41 Å². The maximum absolute atomic E-state index is 6.04. The maximum atomic E-state index is 6.04. The first-order chi connectivity index (χ1) is 31.7. The standard InChI is InChI=1S/C44H33N.C18H12O/c1-45(37-28-24-33(25-29-37)32-14-5-2-6-15-32)38-30-26-34(27-31-38)39-21-13-23-42-43(39)40-20-11-12-22-41(40)44(42,35-16-7-3-8-17-35)36-18-9-4-10-19-36;1-2-7-13(8-3-1)14-10-6-11-16-15-9-4-5-12-17(15)19-18(14)16/h2-31H,1H3;1-12H. The summed E-state index contributed by atoms with van der Waals surface area (Å²) >= 11 is 0. The van der Waals surface area contributed by atoms with Gasteiger partial charge in [-0.15, -0.1) is 0 Å². The van der Waals surface area contributed by atoms with Crippen molar-refractivity contribution in [2.75, 3.05) is 11.9 Å². The second-order valence-electron chi connectivity index (χ2n) is 16.4. The number of hydrogen-bond donors (Lipinski definition) is 0. The van der Waals surface area contributed by atoms with E-state index in [4.69, 9.17) is 4.42 Å². The van der Waals surface area contributed by atoms with E-state index in [9.17, 15) is 0 Å². The fourth-order valence-corrected chi connectivity index (χ4v) is 9.85. The fraction of sp³-hybridized carbons (Fsp3) is 0.0323. The van der Waals surface area contributed by atoms with Gasteiger partial charge in [-0.1, -0.05) is 224 Å². The van der Waals surface area contributed by atoms with Crippen molar-refractivity contribution in [3.63, 3.8) is 0 Å². The van der Waals surface area contributed by atoms with Gasteiger partial charge in [-0.05, 0) is 91.5 Å². The van der Waals surface area contributed by atoms with Crippen LogP contribution in [0.15, 0.2) is 259 Å². The Labute approximate surface area is 375 Å². The molecule has 0 unspecified atom stereocenters. The molecule has 0 aliphatic heterocycles. The summed E-state index contributed by atoms with van der Waals surface area (Å²) in [5.41, 5.74) is 19.0. The number of fused-ring (bicyclic) bond motifs is 6. The molecule has 12 rings (SSSR count). The molecule has 0 atom stereocenters. The molecule has 2 heteroatoms. The molecule has 0 bridgehead atoms. The van der Waals surface area contributed by atoms with E-state index < -0.39 is 5.41 Å². The first-order valence-electron chi connectivity index (χ1n) is 22.0. The fourth-order valence-electron chi connectivity index (χ4n) is 9.85. The Morgan fingerprint density at radius 3 is 1.42 bits per heavy atom. The van der Waals surface area contributed by atoms with Crippen molar-refractivity contribution >= 4 is 33.3 Å². The Morgan fingerprint density at radius 1 is 0.328 bits per heavy atom. The minimum absolute atomic E-state index is 0.392. The number of hydrogen-bond acceptors (Lipinski definition) is 2. The van der Waals surface area contributed by atoms with Gasteiger partial charge in [-0.3, -0.25) is 0 Å². The van der Waals surface area contributed by atoms with Crippen LogP contribution in [-0.4, -0.2) is 7.05 Å². The Kier molecular flexibility index (Phi) is 10.0. The molecule has 10 aromatic carbocycles. The first-order valence-corrected chi connectivity index (χ1v) is 22.0. The molecule has 304 valence electrons. The van der Waals surface area contributed by atoms with E-state index in [0.29, 0.717) is 0 Å². The van der Waals surface area contributed by atoms with Crippen LogP contribution in [0.2, 0.25) is 0 Å². The lowest BCUT2D eigenvalue weighted by atomic mass is 9.67. The predicted molar refractivity (Wildman–Crippen MR) is 268 cm³/mol. The van der Waals surface area contributed by atoms with Crippen LogP contribution in [0.1, 0.15) is 22.3 Å². The summed E-state index contributed by atoms with van der Waals surface area (Å²) in [4.78, 5) is 2.25. The molecule has 0 radical (unpaired) electrons. The molecule has 1 aromatic heterocycles. The first kappa shape index (κ1) is 38.7. The van der Waals surface area contributed by atoms with Crippen LogP contribution in [0.4, 0.5) is 11.4 Å². The second-order valence-corrected chi connectivity index (χ2v) is 16.4. The monoisotopic (exact) mass is 819 g/mol. The summed E-state index contributed by atoms with van der Waals surface area (Å²) < 4.78 is 6.04. The van der Waals surface area contributed by atoms with E-state index >= 15 is 0 Å². The molecular weight excluding hydrogens is 775 g/mol. The summed E-state index contributed by atoms with van der Waals surface area (Å²) in [7, 11) is 2.14.